The maximum absolute atomic E-state index is 12.4. The summed E-state index contributed by atoms with van der Waals surface area (Å²) in [6, 6.07) is 4.83. The van der Waals surface area contributed by atoms with Crippen LogP contribution in [0.15, 0.2) is 18.2 Å². The van der Waals surface area contributed by atoms with Crippen molar-refractivity contribution in [2.45, 2.75) is 6.04 Å². The second-order valence-electron chi connectivity index (χ2n) is 4.04. The predicted molar refractivity (Wildman–Crippen MR) is 77.2 cm³/mol. The minimum Gasteiger partial charge on any atom is -0.507 e. The number of nitrogens with zero attached hydrogens (tertiary/aromatic N) is 1. The molecule has 2 rings (SSSR count). The molecule has 0 radical (unpaired) electrons. The molecular formula is C12H13ClINO3. The molecular weight excluding hydrogens is 368 g/mol. The minimum absolute atomic E-state index is 0.000213. The number of aromatic hydroxyl groups is 1. The maximum Gasteiger partial charge on any atom is 0.258 e. The number of benzene rings is 1. The lowest BCUT2D eigenvalue weighted by atomic mass is 10.1. The number of hydrogen-bond donors (Lipinski definition) is 1. The Kier molecular flexibility index (Phi) is 4.69. The van der Waals surface area contributed by atoms with Crippen LogP contribution in [0.1, 0.15) is 10.4 Å². The molecule has 1 aliphatic rings. The van der Waals surface area contributed by atoms with Gasteiger partial charge in [-0.3, -0.25) is 4.79 Å². The zero-order chi connectivity index (χ0) is 13.1. The van der Waals surface area contributed by atoms with Crippen molar-refractivity contribution in [3.05, 3.63) is 27.3 Å². The minimum atomic E-state index is -0.194. The lowest BCUT2D eigenvalue weighted by Gasteiger charge is -2.34. The summed E-state index contributed by atoms with van der Waals surface area (Å²) in [6.45, 7) is 1.45. The number of carbonyl (C=O) groups excluding carboxylic acids is 1. The van der Waals surface area contributed by atoms with E-state index in [0.717, 1.165) is 3.57 Å². The van der Waals surface area contributed by atoms with Crippen molar-refractivity contribution in [1.82, 2.24) is 4.90 Å². The van der Waals surface area contributed by atoms with Crippen LogP contribution in [0.2, 0.25) is 0 Å². The first kappa shape index (κ1) is 13.9. The van der Waals surface area contributed by atoms with Crippen molar-refractivity contribution in [2.24, 2.45) is 0 Å². The van der Waals surface area contributed by atoms with Gasteiger partial charge in [0.2, 0.25) is 0 Å². The Labute approximate surface area is 124 Å². The second-order valence-corrected chi connectivity index (χ2v) is 5.60. The molecule has 1 aromatic rings. The molecule has 0 saturated carbocycles. The van der Waals surface area contributed by atoms with Crippen LogP contribution in [0.25, 0.3) is 0 Å². The Hall–Kier alpha value is -0.530. The average molecular weight is 382 g/mol. The molecule has 1 atom stereocenters. The Morgan fingerprint density at radius 3 is 3.11 bits per heavy atom. The molecule has 4 nitrogen and oxygen atoms in total. The standard InChI is InChI=1S/C12H13ClINO3/c13-6-9-7-18-4-3-15(9)12(17)10-5-8(14)1-2-11(10)16/h1-2,5,9,16H,3-4,6-7H2. The first-order valence-electron chi connectivity index (χ1n) is 5.56. The van der Waals surface area contributed by atoms with Gasteiger partial charge in [-0.05, 0) is 40.8 Å². The zero-order valence-electron chi connectivity index (χ0n) is 9.60. The number of phenols is 1. The van der Waals surface area contributed by atoms with Crippen LogP contribution in [0.3, 0.4) is 0 Å². The molecule has 1 aliphatic heterocycles. The number of morpholine rings is 1. The van der Waals surface area contributed by atoms with Crippen molar-refractivity contribution in [3.63, 3.8) is 0 Å². The van der Waals surface area contributed by atoms with Crippen molar-refractivity contribution < 1.29 is 14.6 Å². The van der Waals surface area contributed by atoms with Gasteiger partial charge < -0.3 is 14.7 Å². The quantitative estimate of drug-likeness (QED) is 0.630. The molecule has 1 unspecified atom stereocenters. The number of hydrogen-bond acceptors (Lipinski definition) is 3. The van der Waals surface area contributed by atoms with Crippen molar-refractivity contribution >= 4 is 40.1 Å². The molecule has 1 heterocycles. The molecule has 0 spiro atoms. The number of halogens is 2. The van der Waals surface area contributed by atoms with E-state index < -0.39 is 0 Å². The van der Waals surface area contributed by atoms with Gasteiger partial charge in [0.1, 0.15) is 5.75 Å². The summed E-state index contributed by atoms with van der Waals surface area (Å²) >= 11 is 7.95. The Balaban J connectivity index is 2.26. The fourth-order valence-corrected chi connectivity index (χ4v) is 2.63. The van der Waals surface area contributed by atoms with Gasteiger partial charge in [0.05, 0.1) is 24.8 Å². The van der Waals surface area contributed by atoms with E-state index in [1.54, 1.807) is 17.0 Å². The average Bonchev–Trinajstić information content (AvgIpc) is 2.40. The highest BCUT2D eigenvalue weighted by atomic mass is 127. The van der Waals surface area contributed by atoms with E-state index in [1.165, 1.54) is 6.07 Å². The van der Waals surface area contributed by atoms with E-state index in [1.807, 2.05) is 0 Å². The molecule has 6 heteroatoms. The first-order chi connectivity index (χ1) is 8.63. The molecule has 18 heavy (non-hydrogen) atoms. The Bertz CT molecular complexity index is 455. The van der Waals surface area contributed by atoms with Gasteiger partial charge >= 0.3 is 0 Å². The Morgan fingerprint density at radius 1 is 1.61 bits per heavy atom. The third-order valence-electron chi connectivity index (χ3n) is 2.86. The SMILES string of the molecule is O=C(c1cc(I)ccc1O)N1CCOCC1CCl. The van der Waals surface area contributed by atoms with Gasteiger partial charge in [-0.2, -0.15) is 0 Å². The largest absolute Gasteiger partial charge is 0.507 e. The van der Waals surface area contributed by atoms with Crippen LogP contribution in [-0.4, -0.2) is 47.6 Å². The summed E-state index contributed by atoms with van der Waals surface area (Å²) in [5.74, 6) is 0.136. The monoisotopic (exact) mass is 381 g/mol. The predicted octanol–water partition coefficient (Wildman–Crippen LogP) is 2.08. The van der Waals surface area contributed by atoms with Gasteiger partial charge in [-0.25, -0.2) is 0 Å². The van der Waals surface area contributed by atoms with Crippen molar-refractivity contribution in [1.29, 1.82) is 0 Å². The molecule has 98 valence electrons. The smallest absolute Gasteiger partial charge is 0.258 e. The van der Waals surface area contributed by atoms with Crippen LogP contribution < -0.4 is 0 Å². The van der Waals surface area contributed by atoms with E-state index >= 15 is 0 Å². The van der Waals surface area contributed by atoms with Crippen LogP contribution in [0.4, 0.5) is 0 Å². The summed E-state index contributed by atoms with van der Waals surface area (Å²) < 4.78 is 6.21. The van der Waals surface area contributed by atoms with Gasteiger partial charge in [0, 0.05) is 16.0 Å². The first-order valence-corrected chi connectivity index (χ1v) is 7.18. The van der Waals surface area contributed by atoms with Crippen molar-refractivity contribution in [3.8, 4) is 5.75 Å². The van der Waals surface area contributed by atoms with Gasteiger partial charge in [-0.15, -0.1) is 11.6 Å². The zero-order valence-corrected chi connectivity index (χ0v) is 12.5. The number of amides is 1. The van der Waals surface area contributed by atoms with Gasteiger partial charge in [0.25, 0.3) is 5.91 Å². The van der Waals surface area contributed by atoms with Crippen molar-refractivity contribution in [2.75, 3.05) is 25.6 Å². The molecule has 0 aromatic heterocycles. The summed E-state index contributed by atoms with van der Waals surface area (Å²) in [7, 11) is 0. The number of carbonyl (C=O) groups is 1. The van der Waals surface area contributed by atoms with E-state index in [9.17, 15) is 9.90 Å². The lowest BCUT2D eigenvalue weighted by Crippen LogP contribution is -2.49. The number of phenolic OH excluding ortho intramolecular Hbond substituents is 1. The topological polar surface area (TPSA) is 49.8 Å². The highest BCUT2D eigenvalue weighted by molar-refractivity contribution is 14.1. The molecule has 0 bridgehead atoms. The third-order valence-corrected chi connectivity index (χ3v) is 3.88. The van der Waals surface area contributed by atoms with Crippen LogP contribution >= 0.6 is 34.2 Å². The second kappa shape index (κ2) is 6.08. The summed E-state index contributed by atoms with van der Waals surface area (Å²) in [5, 5.41) is 9.78. The van der Waals surface area contributed by atoms with Gasteiger partial charge in [-0.1, -0.05) is 0 Å². The van der Waals surface area contributed by atoms with E-state index in [-0.39, 0.29) is 17.7 Å². The van der Waals surface area contributed by atoms with E-state index in [2.05, 4.69) is 22.6 Å². The van der Waals surface area contributed by atoms with E-state index in [4.69, 9.17) is 16.3 Å². The molecule has 1 fully saturated rings. The number of alkyl halides is 1. The fourth-order valence-electron chi connectivity index (χ4n) is 1.88. The highest BCUT2D eigenvalue weighted by Crippen LogP contribution is 2.23. The normalized spacial score (nSPS) is 19.9. The summed E-state index contributed by atoms with van der Waals surface area (Å²) in [4.78, 5) is 14.1. The van der Waals surface area contributed by atoms with Gasteiger partial charge in [0.15, 0.2) is 0 Å². The van der Waals surface area contributed by atoms with Crippen LogP contribution in [-0.2, 0) is 4.74 Å². The number of ether oxygens (including phenoxy) is 1. The summed E-state index contributed by atoms with van der Waals surface area (Å²) in [5.41, 5.74) is 0.318. The molecule has 0 aliphatic carbocycles. The maximum atomic E-state index is 12.4. The Morgan fingerprint density at radius 2 is 2.39 bits per heavy atom. The molecule has 1 saturated heterocycles. The van der Waals surface area contributed by atoms with E-state index in [0.29, 0.717) is 31.2 Å². The lowest BCUT2D eigenvalue weighted by molar-refractivity contribution is 0.00441. The third kappa shape index (κ3) is 2.89. The highest BCUT2D eigenvalue weighted by Gasteiger charge is 2.28. The molecule has 1 amide bonds. The number of rotatable bonds is 2. The molecule has 1 aromatic carbocycles. The van der Waals surface area contributed by atoms with Crippen LogP contribution in [0, 0.1) is 3.57 Å². The summed E-state index contributed by atoms with van der Waals surface area (Å²) in [6.07, 6.45) is 0. The fraction of sp³-hybridized carbons (Fsp3) is 0.417. The molecule has 1 N–H and O–H groups in total. The van der Waals surface area contributed by atoms with Crippen LogP contribution in [0.5, 0.6) is 5.75 Å².